The van der Waals surface area contributed by atoms with Gasteiger partial charge < -0.3 is 8.83 Å². The minimum atomic E-state index is -4.32. The summed E-state index contributed by atoms with van der Waals surface area (Å²) in [6.07, 6.45) is -2.81. The van der Waals surface area contributed by atoms with Crippen LogP contribution in [0.4, 0.5) is 13.2 Å². The fraction of sp³-hybridized carbons (Fsp3) is 0.250. The maximum Gasteiger partial charge on any atom is 0.416 e. The first kappa shape index (κ1) is 16.3. The van der Waals surface area contributed by atoms with E-state index in [0.717, 1.165) is 17.7 Å². The second-order valence-corrected chi connectivity index (χ2v) is 5.35. The third-order valence-electron chi connectivity index (χ3n) is 3.34. The number of nitrogens with zero attached hydrogens (tertiary/aromatic N) is 3. The molecule has 0 aliphatic heterocycles. The Balaban J connectivity index is 1.60. The number of hydrogen-bond acceptors (Lipinski definition) is 5. The molecule has 0 bridgehead atoms. The molecule has 1 aromatic carbocycles. The smallest absolute Gasteiger partial charge is 0.416 e. The van der Waals surface area contributed by atoms with Gasteiger partial charge in [0.25, 0.3) is 5.89 Å². The predicted molar refractivity (Wildman–Crippen MR) is 78.6 cm³/mol. The van der Waals surface area contributed by atoms with Crippen LogP contribution in [0.15, 0.2) is 51.5 Å². The van der Waals surface area contributed by atoms with Crippen LogP contribution in [0.5, 0.6) is 0 Å². The Morgan fingerprint density at radius 2 is 1.79 bits per heavy atom. The third kappa shape index (κ3) is 3.83. The average molecular weight is 337 g/mol. The molecule has 0 spiro atoms. The number of halogens is 3. The fourth-order valence-corrected chi connectivity index (χ4v) is 2.21. The van der Waals surface area contributed by atoms with Gasteiger partial charge in [0, 0.05) is 6.54 Å². The number of hydrogen-bond donors (Lipinski definition) is 0. The number of benzene rings is 1. The molecule has 0 radical (unpaired) electrons. The highest BCUT2D eigenvalue weighted by atomic mass is 19.4. The molecule has 0 fully saturated rings. The molecule has 0 amide bonds. The normalized spacial score (nSPS) is 12.0. The van der Waals surface area contributed by atoms with Crippen molar-refractivity contribution in [2.75, 3.05) is 7.05 Å². The molecule has 0 N–H and O–H groups in total. The quantitative estimate of drug-likeness (QED) is 0.705. The van der Waals surface area contributed by atoms with Crippen LogP contribution in [0.3, 0.4) is 0 Å². The molecule has 2 aromatic heterocycles. The van der Waals surface area contributed by atoms with Crippen molar-refractivity contribution < 1.29 is 22.0 Å². The largest absolute Gasteiger partial charge is 0.459 e. The number of alkyl halides is 3. The van der Waals surface area contributed by atoms with Crippen LogP contribution in [0.2, 0.25) is 0 Å². The van der Waals surface area contributed by atoms with Crippen LogP contribution < -0.4 is 0 Å². The lowest BCUT2D eigenvalue weighted by Gasteiger charge is -2.15. The van der Waals surface area contributed by atoms with E-state index in [1.54, 1.807) is 12.1 Å². The van der Waals surface area contributed by atoms with E-state index in [1.165, 1.54) is 18.4 Å². The molecule has 0 saturated heterocycles. The summed E-state index contributed by atoms with van der Waals surface area (Å²) >= 11 is 0. The molecule has 5 nitrogen and oxygen atoms in total. The SMILES string of the molecule is CN(Cc1ccc(C(F)(F)F)cc1)Cc1nnc(-c2ccco2)o1. The molecule has 3 rings (SSSR count). The molecule has 0 aliphatic rings. The van der Waals surface area contributed by atoms with Crippen LogP contribution in [0.25, 0.3) is 11.7 Å². The van der Waals surface area contributed by atoms with E-state index in [9.17, 15) is 13.2 Å². The van der Waals surface area contributed by atoms with E-state index in [1.807, 2.05) is 11.9 Å². The number of furan rings is 1. The second kappa shape index (κ2) is 6.48. The maximum absolute atomic E-state index is 12.5. The van der Waals surface area contributed by atoms with E-state index in [0.29, 0.717) is 24.7 Å². The van der Waals surface area contributed by atoms with Crippen molar-refractivity contribution in [1.82, 2.24) is 15.1 Å². The van der Waals surface area contributed by atoms with Crippen molar-refractivity contribution in [3.05, 3.63) is 59.7 Å². The summed E-state index contributed by atoms with van der Waals surface area (Å²) in [6.45, 7) is 0.825. The van der Waals surface area contributed by atoms with E-state index in [2.05, 4.69) is 10.2 Å². The van der Waals surface area contributed by atoms with E-state index < -0.39 is 11.7 Å². The van der Waals surface area contributed by atoms with Crippen molar-refractivity contribution in [2.45, 2.75) is 19.3 Å². The molecule has 0 atom stereocenters. The van der Waals surface area contributed by atoms with Gasteiger partial charge in [-0.25, -0.2) is 0 Å². The Kier molecular flexibility index (Phi) is 4.39. The Morgan fingerprint density at radius 3 is 2.42 bits per heavy atom. The summed E-state index contributed by atoms with van der Waals surface area (Å²) < 4.78 is 48.3. The molecule has 0 aliphatic carbocycles. The highest BCUT2D eigenvalue weighted by molar-refractivity contribution is 5.42. The summed E-state index contributed by atoms with van der Waals surface area (Å²) in [7, 11) is 1.81. The zero-order valence-electron chi connectivity index (χ0n) is 12.7. The van der Waals surface area contributed by atoms with Gasteiger partial charge in [-0.3, -0.25) is 4.90 Å². The highest BCUT2D eigenvalue weighted by Gasteiger charge is 2.29. The Labute approximate surface area is 135 Å². The van der Waals surface area contributed by atoms with Gasteiger partial charge >= 0.3 is 6.18 Å². The topological polar surface area (TPSA) is 55.3 Å². The van der Waals surface area contributed by atoms with Crippen LogP contribution in [0, 0.1) is 0 Å². The van der Waals surface area contributed by atoms with Crippen molar-refractivity contribution in [1.29, 1.82) is 0 Å². The van der Waals surface area contributed by atoms with Gasteiger partial charge in [0.2, 0.25) is 5.89 Å². The molecule has 24 heavy (non-hydrogen) atoms. The van der Waals surface area contributed by atoms with Gasteiger partial charge in [-0.15, -0.1) is 10.2 Å². The van der Waals surface area contributed by atoms with Gasteiger partial charge in [-0.05, 0) is 36.9 Å². The van der Waals surface area contributed by atoms with Gasteiger partial charge in [-0.2, -0.15) is 13.2 Å². The van der Waals surface area contributed by atoms with Crippen LogP contribution in [-0.4, -0.2) is 22.1 Å². The van der Waals surface area contributed by atoms with Gasteiger partial charge in [0.05, 0.1) is 18.4 Å². The predicted octanol–water partition coefficient (Wildman–Crippen LogP) is 3.98. The molecular formula is C16H14F3N3O2. The molecule has 0 unspecified atom stereocenters. The monoisotopic (exact) mass is 337 g/mol. The first-order valence-corrected chi connectivity index (χ1v) is 7.13. The minimum Gasteiger partial charge on any atom is -0.459 e. The fourth-order valence-electron chi connectivity index (χ4n) is 2.21. The van der Waals surface area contributed by atoms with Crippen molar-refractivity contribution in [2.24, 2.45) is 0 Å². The van der Waals surface area contributed by atoms with E-state index >= 15 is 0 Å². The minimum absolute atomic E-state index is 0.290. The maximum atomic E-state index is 12.5. The highest BCUT2D eigenvalue weighted by Crippen LogP contribution is 2.29. The summed E-state index contributed by atoms with van der Waals surface area (Å²) in [5.74, 6) is 1.17. The lowest BCUT2D eigenvalue weighted by Crippen LogP contribution is -2.17. The van der Waals surface area contributed by atoms with Crippen LogP contribution in [-0.2, 0) is 19.3 Å². The average Bonchev–Trinajstić information content (AvgIpc) is 3.17. The summed E-state index contributed by atoms with van der Waals surface area (Å²) in [4.78, 5) is 1.86. The van der Waals surface area contributed by atoms with Crippen LogP contribution in [0.1, 0.15) is 17.0 Å². The van der Waals surface area contributed by atoms with Crippen molar-refractivity contribution in [3.8, 4) is 11.7 Å². The van der Waals surface area contributed by atoms with Crippen LogP contribution >= 0.6 is 0 Å². The van der Waals surface area contributed by atoms with Crippen molar-refractivity contribution in [3.63, 3.8) is 0 Å². The van der Waals surface area contributed by atoms with Gasteiger partial charge in [0.15, 0.2) is 5.76 Å². The Morgan fingerprint density at radius 1 is 1.04 bits per heavy atom. The summed E-state index contributed by atoms with van der Waals surface area (Å²) in [6, 6.07) is 8.50. The molecule has 3 aromatic rings. The molecule has 2 heterocycles. The lowest BCUT2D eigenvalue weighted by molar-refractivity contribution is -0.137. The summed E-state index contributed by atoms with van der Waals surface area (Å²) in [5, 5.41) is 7.83. The van der Waals surface area contributed by atoms with Crippen molar-refractivity contribution >= 4 is 0 Å². The molecule has 0 saturated carbocycles. The standard InChI is InChI=1S/C16H14F3N3O2/c1-22(9-11-4-6-12(7-5-11)16(17,18)19)10-14-20-21-15(24-14)13-3-2-8-23-13/h2-8H,9-10H2,1H3. The first-order chi connectivity index (χ1) is 11.4. The third-order valence-corrected chi connectivity index (χ3v) is 3.34. The summed E-state index contributed by atoms with van der Waals surface area (Å²) in [5.41, 5.74) is 0.102. The Bertz CT molecular complexity index is 780. The number of rotatable bonds is 5. The zero-order chi connectivity index (χ0) is 17.2. The van der Waals surface area contributed by atoms with E-state index in [4.69, 9.17) is 8.83 Å². The number of aromatic nitrogens is 2. The second-order valence-electron chi connectivity index (χ2n) is 5.35. The van der Waals surface area contributed by atoms with Gasteiger partial charge in [0.1, 0.15) is 0 Å². The Hall–Kier alpha value is -2.61. The van der Waals surface area contributed by atoms with E-state index in [-0.39, 0.29) is 5.89 Å². The molecular weight excluding hydrogens is 323 g/mol. The van der Waals surface area contributed by atoms with Gasteiger partial charge in [-0.1, -0.05) is 12.1 Å². The first-order valence-electron chi connectivity index (χ1n) is 7.13. The molecule has 126 valence electrons. The molecule has 8 heteroatoms. The zero-order valence-corrected chi connectivity index (χ0v) is 12.7. The lowest BCUT2D eigenvalue weighted by atomic mass is 10.1.